The first-order chi connectivity index (χ1) is 7.77. The van der Waals surface area contributed by atoms with Crippen molar-refractivity contribution in [3.8, 4) is 0 Å². The molecule has 0 amide bonds. The third-order valence-corrected chi connectivity index (χ3v) is 5.48. The van der Waals surface area contributed by atoms with Gasteiger partial charge in [-0.05, 0) is 0 Å². The molecule has 2 rings (SSSR count). The molecule has 0 aromatic heterocycles. The Labute approximate surface area is 103 Å². The fraction of sp³-hybridized carbons (Fsp3) is 0. The molecule has 0 atom stereocenters. The zero-order valence-electron chi connectivity index (χ0n) is 8.61. The fourth-order valence-corrected chi connectivity index (χ4v) is 3.92. The van der Waals surface area contributed by atoms with E-state index in [-0.39, 0.29) is 0 Å². The Hall–Kier alpha value is -0.838. The molecule has 2 nitrogen and oxygen atoms in total. The average Bonchev–Trinajstić information content (AvgIpc) is 2.40. The number of rotatable bonds is 3. The van der Waals surface area contributed by atoms with E-state index in [4.69, 9.17) is 3.58 Å². The zero-order chi connectivity index (χ0) is 11.4. The van der Waals surface area contributed by atoms with E-state index in [2.05, 4.69) is 16.6 Å². The molecular formula is C12H10AlO2P+2. The first kappa shape index (κ1) is 11.6. The van der Waals surface area contributed by atoms with Gasteiger partial charge in [-0.1, -0.05) is 0 Å². The van der Waals surface area contributed by atoms with Crippen LogP contribution in [0.4, 0.5) is 0 Å². The number of hydrogen-bond acceptors (Lipinski definition) is 2. The summed E-state index contributed by atoms with van der Waals surface area (Å²) in [6.45, 7) is 0. The van der Waals surface area contributed by atoms with E-state index in [1.54, 1.807) is 0 Å². The van der Waals surface area contributed by atoms with Gasteiger partial charge in [0.25, 0.3) is 0 Å². The van der Waals surface area contributed by atoms with Gasteiger partial charge in [0.15, 0.2) is 0 Å². The van der Waals surface area contributed by atoms with Crippen LogP contribution < -0.4 is 10.6 Å². The fourth-order valence-electron chi connectivity index (χ4n) is 1.52. The van der Waals surface area contributed by atoms with E-state index in [1.807, 2.05) is 60.7 Å². The van der Waals surface area contributed by atoms with Crippen LogP contribution in [0.3, 0.4) is 0 Å². The SMILES string of the molecule is O=P([O][Al+2])(c1ccccc1)c1ccccc1. The maximum absolute atomic E-state index is 12.7. The number of benzene rings is 2. The summed E-state index contributed by atoms with van der Waals surface area (Å²) in [6.07, 6.45) is 0. The Kier molecular flexibility index (Phi) is 3.63. The minimum atomic E-state index is -2.94. The van der Waals surface area contributed by atoms with Gasteiger partial charge >= 0.3 is 103 Å². The van der Waals surface area contributed by atoms with E-state index in [1.165, 1.54) is 0 Å². The third kappa shape index (κ3) is 2.14. The molecule has 4 heteroatoms. The predicted octanol–water partition coefficient (Wildman–Crippen LogP) is 2.02. The first-order valence-electron chi connectivity index (χ1n) is 4.87. The Morgan fingerprint density at radius 3 is 1.50 bits per heavy atom. The second-order valence-electron chi connectivity index (χ2n) is 3.33. The van der Waals surface area contributed by atoms with Gasteiger partial charge < -0.3 is 0 Å². The summed E-state index contributed by atoms with van der Waals surface area (Å²) in [7, 11) is -2.94. The Morgan fingerprint density at radius 2 is 1.19 bits per heavy atom. The van der Waals surface area contributed by atoms with Crippen LogP contribution in [0.2, 0.25) is 0 Å². The van der Waals surface area contributed by atoms with Crippen LogP contribution in [0.15, 0.2) is 60.7 Å². The van der Waals surface area contributed by atoms with Gasteiger partial charge in [-0.2, -0.15) is 0 Å². The van der Waals surface area contributed by atoms with Crippen molar-refractivity contribution in [2.45, 2.75) is 0 Å². The molecule has 0 spiro atoms. The minimum absolute atomic E-state index is 0.705. The predicted molar refractivity (Wildman–Crippen MR) is 66.6 cm³/mol. The Balaban J connectivity index is 2.54. The Morgan fingerprint density at radius 1 is 0.812 bits per heavy atom. The summed E-state index contributed by atoms with van der Waals surface area (Å²) in [4.78, 5) is 0. The van der Waals surface area contributed by atoms with Crippen LogP contribution in [0, 0.1) is 0 Å². The monoisotopic (exact) mass is 244 g/mol. The summed E-state index contributed by atoms with van der Waals surface area (Å²) in [6, 6.07) is 18.5. The van der Waals surface area contributed by atoms with E-state index >= 15 is 0 Å². The van der Waals surface area contributed by atoms with Crippen LogP contribution >= 0.6 is 7.37 Å². The molecule has 0 radical (unpaired) electrons. The second-order valence-corrected chi connectivity index (χ2v) is 6.31. The van der Waals surface area contributed by atoms with Gasteiger partial charge in [-0.15, -0.1) is 0 Å². The van der Waals surface area contributed by atoms with Crippen LogP contribution in [0.5, 0.6) is 0 Å². The quantitative estimate of drug-likeness (QED) is 0.610. The van der Waals surface area contributed by atoms with Gasteiger partial charge in [-0.3, -0.25) is 0 Å². The normalized spacial score (nSPS) is 11.4. The molecule has 0 saturated heterocycles. The van der Waals surface area contributed by atoms with Crippen molar-refractivity contribution in [2.24, 2.45) is 0 Å². The van der Waals surface area contributed by atoms with Gasteiger partial charge in [0.2, 0.25) is 0 Å². The van der Waals surface area contributed by atoms with Crippen molar-refractivity contribution in [1.29, 1.82) is 0 Å². The standard InChI is InChI=1S/C12H11O2P.Al/c13-15(14,11-7-3-1-4-8-11)12-9-5-2-6-10-12;/h1-10H,(H,13,14);/q;+3/p-1. The van der Waals surface area contributed by atoms with Crippen molar-refractivity contribution >= 4 is 34.6 Å². The maximum atomic E-state index is 12.7. The average molecular weight is 244 g/mol. The van der Waals surface area contributed by atoms with Crippen molar-refractivity contribution < 1.29 is 8.14 Å². The van der Waals surface area contributed by atoms with E-state index in [9.17, 15) is 4.57 Å². The molecule has 0 fully saturated rings. The topological polar surface area (TPSA) is 26.3 Å². The van der Waals surface area contributed by atoms with E-state index in [0.717, 1.165) is 0 Å². The third-order valence-electron chi connectivity index (χ3n) is 2.34. The van der Waals surface area contributed by atoms with Crippen LogP contribution in [-0.4, -0.2) is 16.6 Å². The molecule has 76 valence electrons. The molecule has 0 unspecified atom stereocenters. The summed E-state index contributed by atoms with van der Waals surface area (Å²) >= 11 is 2.11. The first-order valence-corrected chi connectivity index (χ1v) is 6.97. The molecule has 0 aliphatic carbocycles. The van der Waals surface area contributed by atoms with Crippen LogP contribution in [0.1, 0.15) is 0 Å². The van der Waals surface area contributed by atoms with Crippen LogP contribution in [-0.2, 0) is 8.14 Å². The van der Waals surface area contributed by atoms with E-state index in [0.29, 0.717) is 10.6 Å². The molecule has 0 aliphatic heterocycles. The molecule has 0 aliphatic rings. The number of hydrogen-bond donors (Lipinski definition) is 0. The van der Waals surface area contributed by atoms with Gasteiger partial charge in [0.1, 0.15) is 0 Å². The molecule has 16 heavy (non-hydrogen) atoms. The molecule has 0 saturated carbocycles. The van der Waals surface area contributed by atoms with Crippen molar-refractivity contribution in [3.63, 3.8) is 0 Å². The van der Waals surface area contributed by atoms with Gasteiger partial charge in [0.05, 0.1) is 0 Å². The molecule has 2 aromatic carbocycles. The van der Waals surface area contributed by atoms with Crippen LogP contribution in [0.25, 0.3) is 0 Å². The second kappa shape index (κ2) is 5.00. The summed E-state index contributed by atoms with van der Waals surface area (Å²) in [5.41, 5.74) is 0. The zero-order valence-corrected chi connectivity index (χ0v) is 10.7. The molecule has 0 N–H and O–H groups in total. The molecule has 2 aromatic rings. The van der Waals surface area contributed by atoms with Gasteiger partial charge in [-0.25, -0.2) is 0 Å². The van der Waals surface area contributed by atoms with Crippen molar-refractivity contribution in [2.75, 3.05) is 0 Å². The summed E-state index contributed by atoms with van der Waals surface area (Å²) in [5.74, 6) is 0. The molecule has 0 bridgehead atoms. The summed E-state index contributed by atoms with van der Waals surface area (Å²) in [5, 5.41) is 1.41. The molecule has 0 heterocycles. The summed E-state index contributed by atoms with van der Waals surface area (Å²) < 4.78 is 17.9. The van der Waals surface area contributed by atoms with Gasteiger partial charge in [0, 0.05) is 0 Å². The Bertz CT molecular complexity index is 455. The van der Waals surface area contributed by atoms with Crippen molar-refractivity contribution in [1.82, 2.24) is 0 Å². The van der Waals surface area contributed by atoms with Crippen molar-refractivity contribution in [3.05, 3.63) is 60.7 Å². The molecular weight excluding hydrogens is 234 g/mol. The van der Waals surface area contributed by atoms with E-state index < -0.39 is 7.37 Å².